The van der Waals surface area contributed by atoms with Gasteiger partial charge in [-0.25, -0.2) is 0 Å². The number of carbonyl (C=O) groups excluding carboxylic acids is 1. The predicted octanol–water partition coefficient (Wildman–Crippen LogP) is 1.90. The van der Waals surface area contributed by atoms with Crippen LogP contribution in [0.25, 0.3) is 0 Å². The van der Waals surface area contributed by atoms with Crippen molar-refractivity contribution in [3.8, 4) is 0 Å². The van der Waals surface area contributed by atoms with Gasteiger partial charge in [-0.15, -0.1) is 11.3 Å². The Hall–Kier alpha value is -1.08. The van der Waals surface area contributed by atoms with E-state index in [4.69, 9.17) is 0 Å². The Labute approximate surface area is 92.9 Å². The first-order valence-corrected chi connectivity index (χ1v) is 5.40. The summed E-state index contributed by atoms with van der Waals surface area (Å²) in [6.07, 6.45) is -5.57. The molecule has 2 unspecified atom stereocenters. The summed E-state index contributed by atoms with van der Waals surface area (Å²) in [6, 6.07) is 0.878. The van der Waals surface area contributed by atoms with E-state index in [1.165, 1.54) is 11.3 Å². The molecule has 2 N–H and O–H groups in total. The van der Waals surface area contributed by atoms with Gasteiger partial charge in [0.05, 0.1) is 12.1 Å². The van der Waals surface area contributed by atoms with E-state index in [9.17, 15) is 23.1 Å². The molecule has 2 rings (SSSR count). The van der Waals surface area contributed by atoms with Crippen LogP contribution in [-0.4, -0.2) is 17.2 Å². The van der Waals surface area contributed by atoms with Crippen molar-refractivity contribution in [3.05, 3.63) is 21.9 Å². The zero-order valence-corrected chi connectivity index (χ0v) is 8.73. The molecule has 88 valence electrons. The molecule has 1 heterocycles. The molecule has 2 atom stereocenters. The summed E-state index contributed by atoms with van der Waals surface area (Å²) < 4.78 is 36.1. The number of rotatable bonds is 1. The highest BCUT2D eigenvalue weighted by Crippen LogP contribution is 2.42. The number of hydrogen-bond acceptors (Lipinski definition) is 3. The standard InChI is InChI=1S/C9H8F3NO2S/c10-9(11,12)8(15)13-5-3-6(14)7-4(5)1-2-16-7/h1-2,5-6,14H,3H2,(H,13,15). The number of amides is 1. The number of carbonyl (C=O) groups is 1. The average molecular weight is 251 g/mol. The lowest BCUT2D eigenvalue weighted by atomic mass is 10.2. The minimum Gasteiger partial charge on any atom is -0.387 e. The van der Waals surface area contributed by atoms with Crippen molar-refractivity contribution in [2.45, 2.75) is 24.7 Å². The van der Waals surface area contributed by atoms with Crippen LogP contribution in [0.15, 0.2) is 11.4 Å². The van der Waals surface area contributed by atoms with E-state index in [1.54, 1.807) is 11.4 Å². The minimum absolute atomic E-state index is 0.101. The Balaban J connectivity index is 2.12. The summed E-state index contributed by atoms with van der Waals surface area (Å²) >= 11 is 1.28. The maximum atomic E-state index is 12.0. The second kappa shape index (κ2) is 3.74. The highest BCUT2D eigenvalue weighted by Gasteiger charge is 2.42. The molecule has 7 heteroatoms. The summed E-state index contributed by atoms with van der Waals surface area (Å²) in [6.45, 7) is 0. The van der Waals surface area contributed by atoms with Crippen LogP contribution in [0.5, 0.6) is 0 Å². The van der Waals surface area contributed by atoms with Gasteiger partial charge in [-0.2, -0.15) is 13.2 Å². The molecule has 1 aliphatic rings. The molecule has 16 heavy (non-hydrogen) atoms. The summed E-state index contributed by atoms with van der Waals surface area (Å²) in [7, 11) is 0. The van der Waals surface area contributed by atoms with E-state index in [2.05, 4.69) is 0 Å². The van der Waals surface area contributed by atoms with Crippen molar-refractivity contribution < 1.29 is 23.1 Å². The number of nitrogens with one attached hydrogen (secondary N) is 1. The van der Waals surface area contributed by atoms with E-state index >= 15 is 0 Å². The fourth-order valence-corrected chi connectivity index (χ4v) is 2.68. The highest BCUT2D eigenvalue weighted by molar-refractivity contribution is 7.10. The van der Waals surface area contributed by atoms with Crippen LogP contribution >= 0.6 is 11.3 Å². The molecule has 1 aliphatic carbocycles. The van der Waals surface area contributed by atoms with Crippen LogP contribution in [0.4, 0.5) is 13.2 Å². The van der Waals surface area contributed by atoms with Gasteiger partial charge in [0.25, 0.3) is 0 Å². The minimum atomic E-state index is -4.89. The molecule has 3 nitrogen and oxygen atoms in total. The lowest BCUT2D eigenvalue weighted by Gasteiger charge is -2.14. The van der Waals surface area contributed by atoms with Crippen LogP contribution in [0.2, 0.25) is 0 Å². The van der Waals surface area contributed by atoms with Crippen molar-refractivity contribution in [3.63, 3.8) is 0 Å². The molecular formula is C9H8F3NO2S. The van der Waals surface area contributed by atoms with Crippen molar-refractivity contribution in [1.29, 1.82) is 0 Å². The van der Waals surface area contributed by atoms with Crippen LogP contribution in [-0.2, 0) is 4.79 Å². The molecule has 0 fully saturated rings. The van der Waals surface area contributed by atoms with Gasteiger partial charge in [-0.05, 0) is 17.0 Å². The molecule has 0 radical (unpaired) electrons. The Morgan fingerprint density at radius 1 is 1.56 bits per heavy atom. The maximum absolute atomic E-state index is 12.0. The summed E-state index contributed by atoms with van der Waals surface area (Å²) in [4.78, 5) is 11.4. The Kier molecular flexibility index (Phi) is 2.67. The van der Waals surface area contributed by atoms with Gasteiger partial charge in [-0.3, -0.25) is 4.79 Å². The van der Waals surface area contributed by atoms with Crippen molar-refractivity contribution >= 4 is 17.2 Å². The number of halogens is 3. The van der Waals surface area contributed by atoms with Gasteiger partial charge >= 0.3 is 12.1 Å². The largest absolute Gasteiger partial charge is 0.471 e. The fourth-order valence-electron chi connectivity index (χ4n) is 1.72. The zero-order chi connectivity index (χ0) is 11.9. The van der Waals surface area contributed by atoms with Gasteiger partial charge in [-0.1, -0.05) is 0 Å². The van der Waals surface area contributed by atoms with Crippen LogP contribution in [0, 0.1) is 0 Å². The first-order chi connectivity index (χ1) is 7.39. The van der Waals surface area contributed by atoms with Gasteiger partial charge in [0.15, 0.2) is 0 Å². The van der Waals surface area contributed by atoms with Crippen LogP contribution in [0.1, 0.15) is 29.0 Å². The third kappa shape index (κ3) is 1.92. The first kappa shape index (κ1) is 11.4. The Bertz CT molecular complexity index is 415. The SMILES string of the molecule is O=C(NC1CC(O)c2sccc21)C(F)(F)F. The van der Waals surface area contributed by atoms with E-state index in [0.717, 1.165) is 0 Å². The van der Waals surface area contributed by atoms with Gasteiger partial charge in [0.1, 0.15) is 0 Å². The van der Waals surface area contributed by atoms with Gasteiger partial charge < -0.3 is 10.4 Å². The number of alkyl halides is 3. The number of thiophene rings is 1. The Morgan fingerprint density at radius 3 is 2.88 bits per heavy atom. The Morgan fingerprint density at radius 2 is 2.25 bits per heavy atom. The molecule has 0 aliphatic heterocycles. The summed E-state index contributed by atoms with van der Waals surface area (Å²) in [5.41, 5.74) is 0.579. The third-order valence-corrected chi connectivity index (χ3v) is 3.46. The number of aliphatic hydroxyl groups excluding tert-OH is 1. The third-order valence-electron chi connectivity index (χ3n) is 2.43. The molecule has 0 saturated heterocycles. The normalized spacial score (nSPS) is 24.2. The average Bonchev–Trinajstić information content (AvgIpc) is 2.70. The zero-order valence-electron chi connectivity index (χ0n) is 7.91. The van der Waals surface area contributed by atoms with E-state index in [0.29, 0.717) is 10.4 Å². The van der Waals surface area contributed by atoms with E-state index in [1.807, 2.05) is 5.32 Å². The smallest absolute Gasteiger partial charge is 0.387 e. The van der Waals surface area contributed by atoms with Crippen molar-refractivity contribution in [2.24, 2.45) is 0 Å². The van der Waals surface area contributed by atoms with Crippen LogP contribution < -0.4 is 5.32 Å². The van der Waals surface area contributed by atoms with E-state index < -0.39 is 24.2 Å². The van der Waals surface area contributed by atoms with E-state index in [-0.39, 0.29) is 6.42 Å². The lowest BCUT2D eigenvalue weighted by Crippen LogP contribution is -2.38. The second-order valence-electron chi connectivity index (χ2n) is 3.52. The highest BCUT2D eigenvalue weighted by atomic mass is 32.1. The quantitative estimate of drug-likeness (QED) is 0.801. The number of hydrogen-bond donors (Lipinski definition) is 2. The van der Waals surface area contributed by atoms with Gasteiger partial charge in [0, 0.05) is 11.3 Å². The summed E-state index contributed by atoms with van der Waals surface area (Å²) in [5.74, 6) is -1.97. The molecule has 1 amide bonds. The monoisotopic (exact) mass is 251 g/mol. The fraction of sp³-hybridized carbons (Fsp3) is 0.444. The second-order valence-corrected chi connectivity index (χ2v) is 4.46. The molecule has 0 spiro atoms. The van der Waals surface area contributed by atoms with Gasteiger partial charge in [0.2, 0.25) is 0 Å². The predicted molar refractivity (Wildman–Crippen MR) is 50.8 cm³/mol. The first-order valence-electron chi connectivity index (χ1n) is 4.52. The molecule has 0 bridgehead atoms. The van der Waals surface area contributed by atoms with Crippen LogP contribution in [0.3, 0.4) is 0 Å². The number of aliphatic hydroxyl groups is 1. The summed E-state index contributed by atoms with van der Waals surface area (Å²) in [5, 5.41) is 13.1. The molecule has 0 saturated carbocycles. The molecule has 0 aromatic carbocycles. The van der Waals surface area contributed by atoms with Crippen molar-refractivity contribution in [2.75, 3.05) is 0 Å². The molecular weight excluding hydrogens is 243 g/mol. The lowest BCUT2D eigenvalue weighted by molar-refractivity contribution is -0.174. The molecule has 1 aromatic heterocycles. The van der Waals surface area contributed by atoms with Crippen molar-refractivity contribution in [1.82, 2.24) is 5.32 Å². The molecule has 1 aromatic rings. The maximum Gasteiger partial charge on any atom is 0.471 e. The topological polar surface area (TPSA) is 49.3 Å². The number of fused-ring (bicyclic) bond motifs is 1.